The molecule has 0 saturated heterocycles. The minimum atomic E-state index is -0.324. The molecule has 1 heterocycles. The molecule has 0 aliphatic carbocycles. The average Bonchev–Trinajstić information content (AvgIpc) is 2.66. The summed E-state index contributed by atoms with van der Waals surface area (Å²) in [5.74, 6) is -0.266. The second kappa shape index (κ2) is 6.48. The zero-order valence-electron chi connectivity index (χ0n) is 10.2. The first-order chi connectivity index (χ1) is 8.13. The predicted molar refractivity (Wildman–Crippen MR) is 65.1 cm³/mol. The second-order valence-electron chi connectivity index (χ2n) is 3.32. The largest absolute Gasteiger partial charge is 0.465 e. The van der Waals surface area contributed by atoms with Crippen LogP contribution in [0.25, 0.3) is 0 Å². The summed E-state index contributed by atoms with van der Waals surface area (Å²) in [7, 11) is 0. The van der Waals surface area contributed by atoms with Crippen molar-refractivity contribution in [3.8, 4) is 0 Å². The Morgan fingerprint density at radius 3 is 2.76 bits per heavy atom. The Morgan fingerprint density at radius 2 is 2.24 bits per heavy atom. The molecule has 0 radical (unpaired) electrons. The van der Waals surface area contributed by atoms with E-state index in [0.29, 0.717) is 24.7 Å². The average molecular weight is 259 g/mol. The van der Waals surface area contributed by atoms with Crippen molar-refractivity contribution in [2.75, 3.05) is 6.61 Å². The molecule has 1 rings (SSSR count). The van der Waals surface area contributed by atoms with Crippen molar-refractivity contribution in [3.05, 3.63) is 10.5 Å². The van der Waals surface area contributed by atoms with Gasteiger partial charge in [-0.3, -0.25) is 9.36 Å². The van der Waals surface area contributed by atoms with E-state index in [0.717, 1.165) is 0 Å². The van der Waals surface area contributed by atoms with Gasteiger partial charge in [-0.05, 0) is 20.3 Å². The maximum atomic E-state index is 11.6. The van der Waals surface area contributed by atoms with Crippen LogP contribution < -0.4 is 5.69 Å². The summed E-state index contributed by atoms with van der Waals surface area (Å²) in [5, 5.41) is 6.47. The summed E-state index contributed by atoms with van der Waals surface area (Å²) in [6.45, 7) is 6.40. The fraction of sp³-hybridized carbons (Fsp3) is 0.700. The van der Waals surface area contributed by atoms with Crippen LogP contribution in [-0.4, -0.2) is 32.6 Å². The highest BCUT2D eigenvalue weighted by Crippen LogP contribution is 2.23. The molecule has 1 unspecified atom stereocenters. The van der Waals surface area contributed by atoms with Gasteiger partial charge in [0.1, 0.15) is 5.25 Å². The molecule has 17 heavy (non-hydrogen) atoms. The van der Waals surface area contributed by atoms with Gasteiger partial charge in [0.2, 0.25) is 0 Å². The number of H-pyrrole nitrogens is 1. The Kier molecular flexibility index (Phi) is 5.27. The van der Waals surface area contributed by atoms with Gasteiger partial charge in [-0.1, -0.05) is 18.7 Å². The number of carbonyl (C=O) groups excluding carboxylic acids is 1. The third-order valence-corrected chi connectivity index (χ3v) is 3.54. The van der Waals surface area contributed by atoms with Crippen LogP contribution in [0.2, 0.25) is 0 Å². The summed E-state index contributed by atoms with van der Waals surface area (Å²) in [5.41, 5.74) is -0.256. The van der Waals surface area contributed by atoms with Crippen LogP contribution in [0.15, 0.2) is 9.95 Å². The van der Waals surface area contributed by atoms with Crippen molar-refractivity contribution in [3.63, 3.8) is 0 Å². The fourth-order valence-corrected chi connectivity index (χ4v) is 2.36. The van der Waals surface area contributed by atoms with Crippen LogP contribution in [0.1, 0.15) is 27.2 Å². The minimum absolute atomic E-state index is 0.256. The number of thioether (sulfide) groups is 1. The van der Waals surface area contributed by atoms with Crippen LogP contribution in [0.3, 0.4) is 0 Å². The third-order valence-electron chi connectivity index (χ3n) is 2.21. The van der Waals surface area contributed by atoms with Gasteiger partial charge in [0.15, 0.2) is 5.16 Å². The Balaban J connectivity index is 2.80. The van der Waals surface area contributed by atoms with Crippen LogP contribution >= 0.6 is 11.8 Å². The maximum Gasteiger partial charge on any atom is 0.343 e. The van der Waals surface area contributed by atoms with E-state index < -0.39 is 0 Å². The summed E-state index contributed by atoms with van der Waals surface area (Å²) in [4.78, 5) is 23.0. The number of esters is 1. The summed E-state index contributed by atoms with van der Waals surface area (Å²) in [6, 6.07) is 0. The van der Waals surface area contributed by atoms with E-state index in [-0.39, 0.29) is 16.9 Å². The highest BCUT2D eigenvalue weighted by atomic mass is 32.2. The fourth-order valence-electron chi connectivity index (χ4n) is 1.33. The van der Waals surface area contributed by atoms with Gasteiger partial charge < -0.3 is 4.74 Å². The van der Waals surface area contributed by atoms with E-state index in [4.69, 9.17) is 4.74 Å². The molecule has 96 valence electrons. The Bertz CT molecular complexity index is 427. The predicted octanol–water partition coefficient (Wildman–Crippen LogP) is 1.03. The highest BCUT2D eigenvalue weighted by Gasteiger charge is 2.22. The lowest BCUT2D eigenvalue weighted by Crippen LogP contribution is -2.21. The SMILES string of the molecule is CCOC(=O)C(CC)Sc1n[nH]c(=O)n1CC. The van der Waals surface area contributed by atoms with Crippen LogP contribution in [0.4, 0.5) is 0 Å². The number of hydrogen-bond acceptors (Lipinski definition) is 5. The number of aromatic amines is 1. The van der Waals surface area contributed by atoms with Crippen molar-refractivity contribution in [2.45, 2.75) is 44.1 Å². The molecule has 0 aliphatic rings. The van der Waals surface area contributed by atoms with Gasteiger partial charge in [-0.15, -0.1) is 5.10 Å². The van der Waals surface area contributed by atoms with Crippen molar-refractivity contribution < 1.29 is 9.53 Å². The summed E-state index contributed by atoms with van der Waals surface area (Å²) < 4.78 is 6.45. The summed E-state index contributed by atoms with van der Waals surface area (Å²) in [6.07, 6.45) is 0.633. The Morgan fingerprint density at radius 1 is 1.53 bits per heavy atom. The van der Waals surface area contributed by atoms with Gasteiger partial charge in [0.05, 0.1) is 6.61 Å². The van der Waals surface area contributed by atoms with E-state index in [1.165, 1.54) is 16.3 Å². The van der Waals surface area contributed by atoms with Gasteiger partial charge in [-0.2, -0.15) is 0 Å². The van der Waals surface area contributed by atoms with Crippen LogP contribution in [-0.2, 0) is 16.1 Å². The molecule has 1 aromatic heterocycles. The van der Waals surface area contributed by atoms with Gasteiger partial charge >= 0.3 is 11.7 Å². The van der Waals surface area contributed by atoms with E-state index in [2.05, 4.69) is 10.2 Å². The number of nitrogens with one attached hydrogen (secondary N) is 1. The molecule has 0 amide bonds. The molecule has 0 aliphatic heterocycles. The number of hydrogen-bond donors (Lipinski definition) is 1. The quantitative estimate of drug-likeness (QED) is 0.610. The van der Waals surface area contributed by atoms with Crippen molar-refractivity contribution >= 4 is 17.7 Å². The van der Waals surface area contributed by atoms with Crippen LogP contribution in [0, 0.1) is 0 Å². The molecule has 0 bridgehead atoms. The van der Waals surface area contributed by atoms with Gasteiger partial charge in [0.25, 0.3) is 0 Å². The first-order valence-corrected chi connectivity index (χ1v) is 6.50. The Hall–Kier alpha value is -1.24. The van der Waals surface area contributed by atoms with E-state index in [1.54, 1.807) is 6.92 Å². The smallest absolute Gasteiger partial charge is 0.343 e. The number of nitrogens with zero attached hydrogens (tertiary/aromatic N) is 2. The lowest BCUT2D eigenvalue weighted by Gasteiger charge is -2.12. The molecule has 7 heteroatoms. The van der Waals surface area contributed by atoms with Gasteiger partial charge in [0, 0.05) is 6.54 Å². The molecule has 6 nitrogen and oxygen atoms in total. The van der Waals surface area contributed by atoms with Crippen molar-refractivity contribution in [1.29, 1.82) is 0 Å². The zero-order chi connectivity index (χ0) is 12.8. The molecular weight excluding hydrogens is 242 g/mol. The molecule has 0 spiro atoms. The van der Waals surface area contributed by atoms with Crippen molar-refractivity contribution in [2.24, 2.45) is 0 Å². The van der Waals surface area contributed by atoms with Gasteiger partial charge in [-0.25, -0.2) is 9.89 Å². The normalized spacial score (nSPS) is 12.4. The van der Waals surface area contributed by atoms with E-state index in [9.17, 15) is 9.59 Å². The van der Waals surface area contributed by atoms with E-state index >= 15 is 0 Å². The number of aromatic nitrogens is 3. The minimum Gasteiger partial charge on any atom is -0.465 e. The number of ether oxygens (including phenoxy) is 1. The molecule has 1 aromatic rings. The van der Waals surface area contributed by atoms with Crippen LogP contribution in [0.5, 0.6) is 0 Å². The number of rotatable bonds is 6. The standard InChI is InChI=1S/C10H17N3O3S/c1-4-7(8(14)16-6-3)17-10-12-11-9(15)13(10)5-2/h7H,4-6H2,1-3H3,(H,11,15). The molecule has 1 N–H and O–H groups in total. The lowest BCUT2D eigenvalue weighted by atomic mass is 10.3. The lowest BCUT2D eigenvalue weighted by molar-refractivity contribution is -0.142. The zero-order valence-corrected chi connectivity index (χ0v) is 11.0. The molecule has 1 atom stereocenters. The topological polar surface area (TPSA) is 77.0 Å². The third kappa shape index (κ3) is 3.36. The monoisotopic (exact) mass is 259 g/mol. The first-order valence-electron chi connectivity index (χ1n) is 5.62. The second-order valence-corrected chi connectivity index (χ2v) is 4.49. The van der Waals surface area contributed by atoms with E-state index in [1.807, 2.05) is 13.8 Å². The Labute approximate surface area is 104 Å². The molecule has 0 fully saturated rings. The molecule has 0 aromatic carbocycles. The highest BCUT2D eigenvalue weighted by molar-refractivity contribution is 8.00. The molecule has 0 saturated carbocycles. The number of carbonyl (C=O) groups is 1. The summed E-state index contributed by atoms with van der Waals surface area (Å²) >= 11 is 1.25. The van der Waals surface area contributed by atoms with Crippen molar-refractivity contribution in [1.82, 2.24) is 14.8 Å². The first kappa shape index (κ1) is 13.8. The molecular formula is C10H17N3O3S. The maximum absolute atomic E-state index is 11.6.